The molecule has 0 saturated carbocycles. The summed E-state index contributed by atoms with van der Waals surface area (Å²) in [6.07, 6.45) is 3.88. The van der Waals surface area contributed by atoms with Crippen LogP contribution in [0.15, 0.2) is 41.3 Å². The number of rotatable bonds is 3. The highest BCUT2D eigenvalue weighted by Gasteiger charge is 2.32. The summed E-state index contributed by atoms with van der Waals surface area (Å²) in [4.78, 5) is 29.7. The summed E-state index contributed by atoms with van der Waals surface area (Å²) < 4.78 is 2.76. The Balaban J connectivity index is 1.78. The molecule has 2 aromatic rings. The normalized spacial score (nSPS) is 20.8. The zero-order valence-corrected chi connectivity index (χ0v) is 14.8. The Hall–Kier alpha value is -2.15. The maximum atomic E-state index is 12.7. The number of aliphatic carboxylic acids is 1. The lowest BCUT2D eigenvalue weighted by Gasteiger charge is -2.34. The van der Waals surface area contributed by atoms with Crippen LogP contribution < -0.4 is 0 Å². The molecule has 0 bridgehead atoms. The minimum atomic E-state index is -0.847. The molecule has 7 heteroatoms. The largest absolute Gasteiger partial charge is 0.481 e. The predicted octanol–water partition coefficient (Wildman–Crippen LogP) is 2.82. The van der Waals surface area contributed by atoms with Crippen molar-refractivity contribution in [1.29, 1.82) is 0 Å². The summed E-state index contributed by atoms with van der Waals surface area (Å²) in [5, 5.41) is 9.24. The van der Waals surface area contributed by atoms with Gasteiger partial charge in [0.25, 0.3) is 5.91 Å². The van der Waals surface area contributed by atoms with Crippen LogP contribution in [-0.2, 0) is 4.79 Å². The zero-order valence-electron chi connectivity index (χ0n) is 13.2. The number of carboxylic acids is 1. The molecule has 1 fully saturated rings. The maximum absolute atomic E-state index is 12.7. The minimum absolute atomic E-state index is 0.164. The molecule has 1 aliphatic heterocycles. The lowest BCUT2D eigenvalue weighted by Crippen LogP contribution is -2.45. The van der Waals surface area contributed by atoms with Crippen molar-refractivity contribution >= 4 is 27.8 Å². The molecular formula is C17H18BrN3O3. The Morgan fingerprint density at radius 3 is 2.62 bits per heavy atom. The van der Waals surface area contributed by atoms with Crippen molar-refractivity contribution in [2.24, 2.45) is 11.8 Å². The van der Waals surface area contributed by atoms with Crippen LogP contribution in [0.1, 0.15) is 23.8 Å². The van der Waals surface area contributed by atoms with E-state index in [-0.39, 0.29) is 18.4 Å². The van der Waals surface area contributed by atoms with E-state index in [0.29, 0.717) is 18.7 Å². The van der Waals surface area contributed by atoms with Gasteiger partial charge >= 0.3 is 5.97 Å². The number of piperidine rings is 1. The van der Waals surface area contributed by atoms with Gasteiger partial charge in [-0.15, -0.1) is 0 Å². The molecule has 2 unspecified atom stereocenters. The van der Waals surface area contributed by atoms with Crippen molar-refractivity contribution in [3.8, 4) is 5.69 Å². The molecule has 126 valence electrons. The van der Waals surface area contributed by atoms with E-state index in [9.17, 15) is 14.7 Å². The standard InChI is InChI=1S/C17H18BrN3O3/c1-11-6-12(17(23)24)8-20(7-11)16(22)15-9-21(10-19-15)14-4-2-13(18)3-5-14/h2-5,9-12H,6-8H2,1H3,(H,23,24). The average Bonchev–Trinajstić information content (AvgIpc) is 3.04. The molecule has 24 heavy (non-hydrogen) atoms. The molecule has 1 aromatic heterocycles. The second kappa shape index (κ2) is 6.76. The van der Waals surface area contributed by atoms with Crippen LogP contribution in [0.25, 0.3) is 5.69 Å². The maximum Gasteiger partial charge on any atom is 0.308 e. The van der Waals surface area contributed by atoms with Crippen LogP contribution in [-0.4, -0.2) is 44.5 Å². The molecule has 0 radical (unpaired) electrons. The highest BCUT2D eigenvalue weighted by atomic mass is 79.9. The van der Waals surface area contributed by atoms with Gasteiger partial charge in [0.2, 0.25) is 0 Å². The molecule has 0 spiro atoms. The van der Waals surface area contributed by atoms with E-state index < -0.39 is 11.9 Å². The molecule has 1 aliphatic rings. The van der Waals surface area contributed by atoms with Gasteiger partial charge in [0.15, 0.2) is 0 Å². The highest BCUT2D eigenvalue weighted by Crippen LogP contribution is 2.23. The third-order valence-corrected chi connectivity index (χ3v) is 4.75. The van der Waals surface area contributed by atoms with Gasteiger partial charge in [-0.1, -0.05) is 22.9 Å². The third-order valence-electron chi connectivity index (χ3n) is 4.22. The van der Waals surface area contributed by atoms with E-state index in [1.807, 2.05) is 31.2 Å². The van der Waals surface area contributed by atoms with E-state index >= 15 is 0 Å². The molecule has 1 N–H and O–H groups in total. The van der Waals surface area contributed by atoms with Crippen LogP contribution >= 0.6 is 15.9 Å². The number of aromatic nitrogens is 2. The first-order chi connectivity index (χ1) is 11.4. The van der Waals surface area contributed by atoms with Gasteiger partial charge < -0.3 is 14.6 Å². The quantitative estimate of drug-likeness (QED) is 0.872. The number of hydrogen-bond acceptors (Lipinski definition) is 3. The molecule has 1 saturated heterocycles. The monoisotopic (exact) mass is 391 g/mol. The lowest BCUT2D eigenvalue weighted by atomic mass is 9.90. The number of nitrogens with zero attached hydrogens (tertiary/aromatic N) is 3. The number of likely N-dealkylation sites (tertiary alicyclic amines) is 1. The van der Waals surface area contributed by atoms with Crippen LogP contribution in [0.3, 0.4) is 0 Å². The first-order valence-corrected chi connectivity index (χ1v) is 8.55. The van der Waals surface area contributed by atoms with Crippen molar-refractivity contribution in [3.05, 3.63) is 47.0 Å². The number of benzene rings is 1. The second-order valence-corrected chi connectivity index (χ2v) is 7.14. The van der Waals surface area contributed by atoms with E-state index in [0.717, 1.165) is 10.2 Å². The molecular weight excluding hydrogens is 374 g/mol. The second-order valence-electron chi connectivity index (χ2n) is 6.23. The summed E-state index contributed by atoms with van der Waals surface area (Å²) in [5.74, 6) is -1.41. The highest BCUT2D eigenvalue weighted by molar-refractivity contribution is 9.10. The van der Waals surface area contributed by atoms with Crippen LogP contribution in [0.4, 0.5) is 0 Å². The molecule has 3 rings (SSSR count). The summed E-state index contributed by atoms with van der Waals surface area (Å²) in [6, 6.07) is 7.67. The van der Waals surface area contributed by atoms with Crippen LogP contribution in [0, 0.1) is 11.8 Å². The first-order valence-electron chi connectivity index (χ1n) is 7.76. The van der Waals surface area contributed by atoms with Gasteiger partial charge in [-0.2, -0.15) is 0 Å². The van der Waals surface area contributed by atoms with Crippen molar-refractivity contribution in [3.63, 3.8) is 0 Å². The zero-order chi connectivity index (χ0) is 17.3. The van der Waals surface area contributed by atoms with Crippen molar-refractivity contribution in [2.45, 2.75) is 13.3 Å². The number of imidazole rings is 1. The molecule has 2 heterocycles. The smallest absolute Gasteiger partial charge is 0.308 e. The Morgan fingerprint density at radius 2 is 1.96 bits per heavy atom. The van der Waals surface area contributed by atoms with Gasteiger partial charge in [-0.3, -0.25) is 9.59 Å². The van der Waals surface area contributed by atoms with Crippen LogP contribution in [0.2, 0.25) is 0 Å². The lowest BCUT2D eigenvalue weighted by molar-refractivity contribution is -0.143. The summed E-state index contributed by atoms with van der Waals surface area (Å²) in [7, 11) is 0. The van der Waals surface area contributed by atoms with Gasteiger partial charge in [-0.25, -0.2) is 4.98 Å². The Morgan fingerprint density at radius 1 is 1.25 bits per heavy atom. The third kappa shape index (κ3) is 3.51. The number of carbonyl (C=O) groups is 2. The van der Waals surface area contributed by atoms with Crippen molar-refractivity contribution in [2.75, 3.05) is 13.1 Å². The van der Waals surface area contributed by atoms with Gasteiger partial charge in [0.05, 0.1) is 5.92 Å². The van der Waals surface area contributed by atoms with E-state index in [2.05, 4.69) is 20.9 Å². The number of carboxylic acid groups (broad SMARTS) is 1. The molecule has 0 aliphatic carbocycles. The number of hydrogen-bond donors (Lipinski definition) is 1. The Kier molecular flexibility index (Phi) is 4.71. The Labute approximate surface area is 148 Å². The van der Waals surface area contributed by atoms with Gasteiger partial charge in [0, 0.05) is 29.4 Å². The Bertz CT molecular complexity index is 757. The van der Waals surface area contributed by atoms with Crippen molar-refractivity contribution < 1.29 is 14.7 Å². The summed E-state index contributed by atoms with van der Waals surface area (Å²) in [5.41, 5.74) is 1.23. The van der Waals surface area contributed by atoms with Crippen molar-refractivity contribution in [1.82, 2.24) is 14.5 Å². The minimum Gasteiger partial charge on any atom is -0.481 e. The number of amides is 1. The molecule has 2 atom stereocenters. The fraction of sp³-hybridized carbons (Fsp3) is 0.353. The SMILES string of the molecule is CC1CC(C(=O)O)CN(C(=O)c2cn(-c3ccc(Br)cc3)cn2)C1. The summed E-state index contributed by atoms with van der Waals surface area (Å²) >= 11 is 3.39. The fourth-order valence-electron chi connectivity index (χ4n) is 3.05. The predicted molar refractivity (Wildman–Crippen MR) is 92.1 cm³/mol. The summed E-state index contributed by atoms with van der Waals surface area (Å²) in [6.45, 7) is 2.77. The van der Waals surface area contributed by atoms with Crippen LogP contribution in [0.5, 0.6) is 0 Å². The van der Waals surface area contributed by atoms with E-state index in [1.165, 1.54) is 0 Å². The van der Waals surface area contributed by atoms with E-state index in [4.69, 9.17) is 0 Å². The number of carbonyl (C=O) groups excluding carboxylic acids is 1. The molecule has 1 aromatic carbocycles. The molecule has 1 amide bonds. The van der Waals surface area contributed by atoms with E-state index in [1.54, 1.807) is 22.0 Å². The molecule has 6 nitrogen and oxygen atoms in total. The average molecular weight is 392 g/mol. The van der Waals surface area contributed by atoms with Gasteiger partial charge in [-0.05, 0) is 36.6 Å². The van der Waals surface area contributed by atoms with Gasteiger partial charge in [0.1, 0.15) is 12.0 Å². The number of halogens is 1. The first kappa shape index (κ1) is 16.7. The topological polar surface area (TPSA) is 75.4 Å². The fourth-order valence-corrected chi connectivity index (χ4v) is 3.31.